The van der Waals surface area contributed by atoms with Crippen LogP contribution in [0.2, 0.25) is 0 Å². The van der Waals surface area contributed by atoms with Gasteiger partial charge in [0.15, 0.2) is 5.76 Å². The summed E-state index contributed by atoms with van der Waals surface area (Å²) in [5.74, 6) is 0.707. The minimum absolute atomic E-state index is 0.0410. The second-order valence-corrected chi connectivity index (χ2v) is 5.82. The highest BCUT2D eigenvalue weighted by Crippen LogP contribution is 2.31. The second kappa shape index (κ2) is 6.76. The molecule has 0 spiro atoms. The molecule has 2 aromatic heterocycles. The SMILES string of the molecule is O=C(C=Cc1ccc(-c2ccccc2[N+](=O)[O-])o1)c1cc2ccccc2o1. The number of nitro groups is 1. The minimum atomic E-state index is -0.460. The van der Waals surface area contributed by atoms with E-state index >= 15 is 0 Å². The maximum absolute atomic E-state index is 12.3. The average Bonchev–Trinajstić information content (AvgIpc) is 3.33. The number of carbonyl (C=O) groups excluding carboxylic acids is 1. The quantitative estimate of drug-likeness (QED) is 0.203. The Morgan fingerprint density at radius 3 is 2.56 bits per heavy atom. The molecule has 6 nitrogen and oxygen atoms in total. The van der Waals surface area contributed by atoms with Gasteiger partial charge in [-0.15, -0.1) is 0 Å². The number of nitrogens with zero attached hydrogens (tertiary/aromatic N) is 1. The summed E-state index contributed by atoms with van der Waals surface area (Å²) < 4.78 is 11.2. The summed E-state index contributed by atoms with van der Waals surface area (Å²) in [7, 11) is 0. The highest BCUT2D eigenvalue weighted by atomic mass is 16.6. The molecule has 0 saturated carbocycles. The Labute approximate surface area is 153 Å². The molecule has 4 aromatic rings. The summed E-state index contributed by atoms with van der Waals surface area (Å²) in [5, 5.41) is 12.0. The van der Waals surface area contributed by atoms with Crippen molar-refractivity contribution >= 4 is 28.5 Å². The van der Waals surface area contributed by atoms with Crippen molar-refractivity contribution in [1.29, 1.82) is 0 Å². The van der Waals surface area contributed by atoms with Crippen LogP contribution in [0.25, 0.3) is 28.4 Å². The summed E-state index contributed by atoms with van der Waals surface area (Å²) in [4.78, 5) is 23.0. The highest BCUT2D eigenvalue weighted by Gasteiger charge is 2.17. The Morgan fingerprint density at radius 1 is 0.963 bits per heavy atom. The van der Waals surface area contributed by atoms with Crippen LogP contribution in [0.4, 0.5) is 5.69 Å². The van der Waals surface area contributed by atoms with Crippen molar-refractivity contribution in [1.82, 2.24) is 0 Å². The largest absolute Gasteiger partial charge is 0.456 e. The van der Waals surface area contributed by atoms with Crippen molar-refractivity contribution in [3.05, 3.63) is 94.4 Å². The fourth-order valence-corrected chi connectivity index (χ4v) is 2.77. The third-order valence-electron chi connectivity index (χ3n) is 4.06. The number of ketones is 1. The number of carbonyl (C=O) groups is 1. The minimum Gasteiger partial charge on any atom is -0.456 e. The van der Waals surface area contributed by atoms with Crippen LogP contribution in [-0.2, 0) is 0 Å². The van der Waals surface area contributed by atoms with Crippen LogP contribution in [0, 0.1) is 10.1 Å². The van der Waals surface area contributed by atoms with E-state index in [0.29, 0.717) is 22.7 Å². The molecule has 4 rings (SSSR count). The van der Waals surface area contributed by atoms with Crippen molar-refractivity contribution in [3.63, 3.8) is 0 Å². The van der Waals surface area contributed by atoms with Crippen LogP contribution in [0.1, 0.15) is 16.3 Å². The molecule has 0 aliphatic heterocycles. The van der Waals surface area contributed by atoms with E-state index in [1.807, 2.05) is 18.2 Å². The number of rotatable bonds is 5. The molecule has 0 aliphatic carbocycles. The van der Waals surface area contributed by atoms with Gasteiger partial charge in [0, 0.05) is 11.5 Å². The van der Waals surface area contributed by atoms with Gasteiger partial charge in [-0.3, -0.25) is 14.9 Å². The number of hydrogen-bond donors (Lipinski definition) is 0. The van der Waals surface area contributed by atoms with Crippen molar-refractivity contribution in [2.24, 2.45) is 0 Å². The Kier molecular flexibility index (Phi) is 4.14. The third kappa shape index (κ3) is 3.28. The molecule has 132 valence electrons. The predicted molar refractivity (Wildman–Crippen MR) is 100 cm³/mol. The fourth-order valence-electron chi connectivity index (χ4n) is 2.77. The second-order valence-electron chi connectivity index (χ2n) is 5.82. The maximum Gasteiger partial charge on any atom is 0.280 e. The van der Waals surface area contributed by atoms with E-state index in [2.05, 4.69) is 0 Å². The van der Waals surface area contributed by atoms with Crippen LogP contribution in [0.5, 0.6) is 0 Å². The van der Waals surface area contributed by atoms with E-state index in [1.165, 1.54) is 18.2 Å². The van der Waals surface area contributed by atoms with Gasteiger partial charge in [-0.1, -0.05) is 30.3 Å². The van der Waals surface area contributed by atoms with Gasteiger partial charge < -0.3 is 8.83 Å². The van der Waals surface area contributed by atoms with E-state index in [9.17, 15) is 14.9 Å². The predicted octanol–water partition coefficient (Wildman–Crippen LogP) is 5.50. The summed E-state index contributed by atoms with van der Waals surface area (Å²) in [6, 6.07) is 18.7. The Balaban J connectivity index is 1.57. The topological polar surface area (TPSA) is 86.5 Å². The lowest BCUT2D eigenvalue weighted by molar-refractivity contribution is -0.384. The number of fused-ring (bicyclic) bond motifs is 1. The Hall–Kier alpha value is -3.93. The van der Waals surface area contributed by atoms with E-state index in [-0.39, 0.29) is 17.2 Å². The van der Waals surface area contributed by atoms with Crippen LogP contribution in [0.15, 0.2) is 81.6 Å². The number of allylic oxidation sites excluding steroid dienone is 1. The zero-order valence-electron chi connectivity index (χ0n) is 14.0. The fraction of sp³-hybridized carbons (Fsp3) is 0. The number of nitro benzene ring substituents is 1. The molecule has 6 heteroatoms. The van der Waals surface area contributed by atoms with Crippen LogP contribution in [0.3, 0.4) is 0 Å². The monoisotopic (exact) mass is 359 g/mol. The Bertz CT molecular complexity index is 1150. The van der Waals surface area contributed by atoms with Gasteiger partial charge in [0.1, 0.15) is 17.1 Å². The Morgan fingerprint density at radius 2 is 1.74 bits per heavy atom. The number of furan rings is 2. The molecule has 0 aliphatic rings. The first-order valence-electron chi connectivity index (χ1n) is 8.16. The van der Waals surface area contributed by atoms with Gasteiger partial charge >= 0.3 is 0 Å². The molecule has 0 atom stereocenters. The zero-order valence-corrected chi connectivity index (χ0v) is 14.0. The average molecular weight is 359 g/mol. The van der Waals surface area contributed by atoms with Gasteiger partial charge in [0.05, 0.1) is 10.5 Å². The molecule has 0 bridgehead atoms. The van der Waals surface area contributed by atoms with E-state index in [1.54, 1.807) is 42.5 Å². The molecule has 2 heterocycles. The lowest BCUT2D eigenvalue weighted by atomic mass is 10.1. The van der Waals surface area contributed by atoms with Crippen molar-refractivity contribution in [3.8, 4) is 11.3 Å². The van der Waals surface area contributed by atoms with Crippen molar-refractivity contribution in [2.75, 3.05) is 0 Å². The van der Waals surface area contributed by atoms with Gasteiger partial charge in [-0.25, -0.2) is 0 Å². The van der Waals surface area contributed by atoms with E-state index < -0.39 is 4.92 Å². The molecular weight excluding hydrogens is 346 g/mol. The summed E-state index contributed by atoms with van der Waals surface area (Å²) in [6.07, 6.45) is 2.85. The van der Waals surface area contributed by atoms with Gasteiger partial charge in [-0.2, -0.15) is 0 Å². The third-order valence-corrected chi connectivity index (χ3v) is 4.06. The van der Waals surface area contributed by atoms with Gasteiger partial charge in [0.25, 0.3) is 5.69 Å². The lowest BCUT2D eigenvalue weighted by Gasteiger charge is -1.98. The molecule has 0 amide bonds. The van der Waals surface area contributed by atoms with Crippen LogP contribution >= 0.6 is 0 Å². The smallest absolute Gasteiger partial charge is 0.280 e. The van der Waals surface area contributed by atoms with Crippen LogP contribution < -0.4 is 0 Å². The van der Waals surface area contributed by atoms with E-state index in [4.69, 9.17) is 8.83 Å². The normalized spacial score (nSPS) is 11.3. The molecule has 2 aromatic carbocycles. The zero-order chi connectivity index (χ0) is 18.8. The molecule has 27 heavy (non-hydrogen) atoms. The van der Waals surface area contributed by atoms with Crippen molar-refractivity contribution < 1.29 is 18.6 Å². The number of para-hydroxylation sites is 2. The summed E-state index contributed by atoms with van der Waals surface area (Å²) >= 11 is 0. The highest BCUT2D eigenvalue weighted by molar-refractivity contribution is 6.06. The molecule has 0 radical (unpaired) electrons. The lowest BCUT2D eigenvalue weighted by Crippen LogP contribution is -1.90. The van der Waals surface area contributed by atoms with E-state index in [0.717, 1.165) is 5.39 Å². The van der Waals surface area contributed by atoms with Crippen molar-refractivity contribution in [2.45, 2.75) is 0 Å². The standard InChI is InChI=1S/C21H13NO5/c23-18(21-13-14-5-1-4-8-19(14)27-21)11-9-15-10-12-20(26-15)16-6-2-3-7-17(16)22(24)25/h1-13H. The van der Waals surface area contributed by atoms with Crippen LogP contribution in [-0.4, -0.2) is 10.7 Å². The summed E-state index contributed by atoms with van der Waals surface area (Å²) in [6.45, 7) is 0. The first kappa shape index (κ1) is 16.5. The molecule has 0 fully saturated rings. The number of benzene rings is 2. The maximum atomic E-state index is 12.3. The summed E-state index contributed by atoms with van der Waals surface area (Å²) in [5.41, 5.74) is 0.984. The molecule has 0 saturated heterocycles. The molecular formula is C21H13NO5. The van der Waals surface area contributed by atoms with Gasteiger partial charge in [0.2, 0.25) is 5.78 Å². The molecule has 0 N–H and O–H groups in total. The number of hydrogen-bond acceptors (Lipinski definition) is 5. The van der Waals surface area contributed by atoms with Gasteiger partial charge in [-0.05, 0) is 42.5 Å². The molecule has 0 unspecified atom stereocenters. The first-order valence-corrected chi connectivity index (χ1v) is 8.16. The first-order chi connectivity index (χ1) is 13.1.